The Kier molecular flexibility index (Phi) is 4.07. The fourth-order valence-electron chi connectivity index (χ4n) is 2.29. The Morgan fingerprint density at radius 2 is 2.10 bits per heavy atom. The van der Waals surface area contributed by atoms with Gasteiger partial charge < -0.3 is 5.73 Å². The first kappa shape index (κ1) is 13.9. The molecule has 1 saturated heterocycles. The molecule has 0 aromatic carbocycles. The Balaban J connectivity index is 1.64. The molecular weight excluding hydrogens is 288 g/mol. The van der Waals surface area contributed by atoms with Crippen LogP contribution in [0.1, 0.15) is 29.0 Å². The molecule has 2 aromatic heterocycles. The Morgan fingerprint density at radius 3 is 2.86 bits per heavy atom. The second-order valence-corrected chi connectivity index (χ2v) is 5.73. The third kappa shape index (κ3) is 3.34. The highest BCUT2D eigenvalue weighted by Gasteiger charge is 2.16. The van der Waals surface area contributed by atoms with Crippen molar-refractivity contribution in [3.8, 4) is 0 Å². The Morgan fingerprint density at radius 1 is 1.33 bits per heavy atom. The first-order valence-corrected chi connectivity index (χ1v) is 7.65. The molecule has 21 heavy (non-hydrogen) atoms. The molecule has 0 spiro atoms. The molecule has 3 heterocycles. The van der Waals surface area contributed by atoms with Crippen LogP contribution < -0.4 is 11.1 Å². The van der Waals surface area contributed by atoms with Crippen molar-refractivity contribution in [2.45, 2.75) is 19.4 Å². The molecule has 3 N–H and O–H groups in total. The van der Waals surface area contributed by atoms with E-state index in [0.717, 1.165) is 25.3 Å². The molecule has 7 nitrogen and oxygen atoms in total. The van der Waals surface area contributed by atoms with Crippen LogP contribution in [-0.4, -0.2) is 38.8 Å². The van der Waals surface area contributed by atoms with Crippen LogP contribution in [0, 0.1) is 0 Å². The van der Waals surface area contributed by atoms with Crippen molar-refractivity contribution in [3.63, 3.8) is 0 Å². The van der Waals surface area contributed by atoms with Gasteiger partial charge in [0.2, 0.25) is 0 Å². The molecule has 1 aliphatic rings. The number of carbonyl (C=O) groups is 1. The highest BCUT2D eigenvalue weighted by atomic mass is 32.1. The van der Waals surface area contributed by atoms with Crippen molar-refractivity contribution in [1.29, 1.82) is 0 Å². The first-order valence-electron chi connectivity index (χ1n) is 6.77. The summed E-state index contributed by atoms with van der Waals surface area (Å²) in [6.45, 7) is 3.07. The molecular formula is C13H16N6OS. The number of nitrogens with one attached hydrogen (secondary N) is 1. The van der Waals surface area contributed by atoms with Crippen LogP contribution in [0.15, 0.2) is 17.8 Å². The second-order valence-electron chi connectivity index (χ2n) is 4.87. The SMILES string of the molecule is Nc1nccnc1C(=O)Nc1nc(CN2CCCC2)cs1. The van der Waals surface area contributed by atoms with E-state index in [9.17, 15) is 4.79 Å². The van der Waals surface area contributed by atoms with Crippen LogP contribution in [0.4, 0.5) is 10.9 Å². The van der Waals surface area contributed by atoms with Crippen molar-refractivity contribution in [1.82, 2.24) is 19.9 Å². The van der Waals surface area contributed by atoms with E-state index in [-0.39, 0.29) is 17.4 Å². The average Bonchev–Trinajstić information content (AvgIpc) is 3.12. The van der Waals surface area contributed by atoms with Gasteiger partial charge in [-0.3, -0.25) is 15.0 Å². The number of nitrogen functional groups attached to an aromatic ring is 1. The maximum atomic E-state index is 12.1. The summed E-state index contributed by atoms with van der Waals surface area (Å²) in [7, 11) is 0. The summed E-state index contributed by atoms with van der Waals surface area (Å²) < 4.78 is 0. The summed E-state index contributed by atoms with van der Waals surface area (Å²) in [5, 5.41) is 5.23. The van der Waals surface area contributed by atoms with Crippen LogP contribution in [-0.2, 0) is 6.54 Å². The van der Waals surface area contributed by atoms with Gasteiger partial charge in [0.15, 0.2) is 16.6 Å². The molecule has 0 atom stereocenters. The number of likely N-dealkylation sites (tertiary alicyclic amines) is 1. The number of nitrogens with two attached hydrogens (primary N) is 1. The zero-order chi connectivity index (χ0) is 14.7. The van der Waals surface area contributed by atoms with Gasteiger partial charge in [-0.2, -0.15) is 0 Å². The van der Waals surface area contributed by atoms with Gasteiger partial charge in [0.25, 0.3) is 5.91 Å². The molecule has 3 rings (SSSR count). The third-order valence-electron chi connectivity index (χ3n) is 3.30. The van der Waals surface area contributed by atoms with Crippen LogP contribution in [0.25, 0.3) is 0 Å². The maximum Gasteiger partial charge on any atom is 0.279 e. The van der Waals surface area contributed by atoms with Gasteiger partial charge in [-0.05, 0) is 25.9 Å². The van der Waals surface area contributed by atoms with Gasteiger partial charge in [0.1, 0.15) is 0 Å². The fourth-order valence-corrected chi connectivity index (χ4v) is 2.98. The molecule has 0 aliphatic carbocycles. The molecule has 0 radical (unpaired) electrons. The molecule has 1 fully saturated rings. The normalized spacial score (nSPS) is 15.2. The molecule has 1 amide bonds. The van der Waals surface area contributed by atoms with Gasteiger partial charge >= 0.3 is 0 Å². The predicted octanol–water partition coefficient (Wildman–Crippen LogP) is 1.36. The lowest BCUT2D eigenvalue weighted by Gasteiger charge is -2.11. The minimum atomic E-state index is -0.386. The number of anilines is 2. The minimum absolute atomic E-state index is 0.115. The summed E-state index contributed by atoms with van der Waals surface area (Å²) in [4.78, 5) is 26.6. The lowest BCUT2D eigenvalue weighted by atomic mass is 10.4. The number of hydrogen-bond acceptors (Lipinski definition) is 7. The summed E-state index contributed by atoms with van der Waals surface area (Å²) in [5.74, 6) is -0.272. The largest absolute Gasteiger partial charge is 0.382 e. The van der Waals surface area contributed by atoms with E-state index in [1.807, 2.05) is 5.38 Å². The molecule has 8 heteroatoms. The highest BCUT2D eigenvalue weighted by molar-refractivity contribution is 7.13. The van der Waals surface area contributed by atoms with Gasteiger partial charge in [-0.1, -0.05) is 0 Å². The van der Waals surface area contributed by atoms with E-state index in [2.05, 4.69) is 25.2 Å². The smallest absolute Gasteiger partial charge is 0.279 e. The lowest BCUT2D eigenvalue weighted by molar-refractivity contribution is 0.102. The second kappa shape index (κ2) is 6.15. The number of hydrogen-bond donors (Lipinski definition) is 2. The number of carbonyl (C=O) groups excluding carboxylic acids is 1. The average molecular weight is 304 g/mol. The maximum absolute atomic E-state index is 12.1. The van der Waals surface area contributed by atoms with Crippen molar-refractivity contribution < 1.29 is 4.79 Å². The van der Waals surface area contributed by atoms with Crippen molar-refractivity contribution in [2.75, 3.05) is 24.1 Å². The summed E-state index contributed by atoms with van der Waals surface area (Å²) in [6.07, 6.45) is 5.38. The fraction of sp³-hybridized carbons (Fsp3) is 0.385. The van der Waals surface area contributed by atoms with Crippen LogP contribution in [0.3, 0.4) is 0 Å². The number of nitrogens with zero attached hydrogens (tertiary/aromatic N) is 4. The zero-order valence-electron chi connectivity index (χ0n) is 11.5. The lowest BCUT2D eigenvalue weighted by Crippen LogP contribution is -2.19. The topological polar surface area (TPSA) is 97.0 Å². The van der Waals surface area contributed by atoms with E-state index >= 15 is 0 Å². The van der Waals surface area contributed by atoms with E-state index < -0.39 is 0 Å². The van der Waals surface area contributed by atoms with E-state index in [1.165, 1.54) is 36.6 Å². The van der Waals surface area contributed by atoms with Crippen LogP contribution in [0.5, 0.6) is 0 Å². The number of thiazole rings is 1. The zero-order valence-corrected chi connectivity index (χ0v) is 12.3. The predicted molar refractivity (Wildman–Crippen MR) is 81.0 cm³/mol. The number of aromatic nitrogens is 3. The van der Waals surface area contributed by atoms with Crippen LogP contribution in [0.2, 0.25) is 0 Å². The molecule has 0 saturated carbocycles. The Bertz CT molecular complexity index is 637. The van der Waals surface area contributed by atoms with E-state index in [1.54, 1.807) is 0 Å². The quantitative estimate of drug-likeness (QED) is 0.885. The van der Waals surface area contributed by atoms with Crippen molar-refractivity contribution in [2.24, 2.45) is 0 Å². The van der Waals surface area contributed by atoms with Gasteiger partial charge in [0, 0.05) is 24.3 Å². The summed E-state index contributed by atoms with van der Waals surface area (Å²) in [5.41, 5.74) is 6.73. The summed E-state index contributed by atoms with van der Waals surface area (Å²) >= 11 is 1.40. The highest BCUT2D eigenvalue weighted by Crippen LogP contribution is 2.19. The Labute approximate surface area is 126 Å². The molecule has 1 aliphatic heterocycles. The molecule has 110 valence electrons. The molecule has 0 unspecified atom stereocenters. The van der Waals surface area contributed by atoms with Crippen molar-refractivity contribution >= 4 is 28.2 Å². The van der Waals surface area contributed by atoms with Gasteiger partial charge in [0.05, 0.1) is 5.69 Å². The van der Waals surface area contributed by atoms with Crippen LogP contribution >= 0.6 is 11.3 Å². The number of amides is 1. The standard InChI is InChI=1S/C13H16N6OS/c14-11-10(15-3-4-16-11)12(20)18-13-17-9(8-21-13)7-19-5-1-2-6-19/h3-4,8H,1-2,5-7H2,(H2,14,16)(H,17,18,20). The third-order valence-corrected chi connectivity index (χ3v) is 4.10. The molecule has 0 bridgehead atoms. The number of rotatable bonds is 4. The minimum Gasteiger partial charge on any atom is -0.382 e. The van der Waals surface area contributed by atoms with Crippen molar-refractivity contribution in [3.05, 3.63) is 29.2 Å². The Hall–Kier alpha value is -2.06. The first-order chi connectivity index (χ1) is 10.2. The molecule has 2 aromatic rings. The van der Waals surface area contributed by atoms with E-state index in [0.29, 0.717) is 5.13 Å². The van der Waals surface area contributed by atoms with Gasteiger partial charge in [-0.15, -0.1) is 11.3 Å². The van der Waals surface area contributed by atoms with Gasteiger partial charge in [-0.25, -0.2) is 15.0 Å². The summed E-state index contributed by atoms with van der Waals surface area (Å²) in [6, 6.07) is 0. The monoisotopic (exact) mass is 304 g/mol. The van der Waals surface area contributed by atoms with E-state index in [4.69, 9.17) is 5.73 Å².